The maximum absolute atomic E-state index is 15.5. The summed E-state index contributed by atoms with van der Waals surface area (Å²) >= 11 is 1.95. The van der Waals surface area contributed by atoms with Crippen LogP contribution in [0.3, 0.4) is 0 Å². The Labute approximate surface area is 334 Å². The van der Waals surface area contributed by atoms with Crippen LogP contribution in [0.1, 0.15) is 31.9 Å². The van der Waals surface area contributed by atoms with Gasteiger partial charge in [-0.05, 0) is 126 Å². The third-order valence-electron chi connectivity index (χ3n) is 8.09. The fraction of sp³-hybridized carbons (Fsp3) is 0.297. The highest BCUT2D eigenvalue weighted by atomic mass is 127. The van der Waals surface area contributed by atoms with Gasteiger partial charge >= 0.3 is 6.09 Å². The van der Waals surface area contributed by atoms with E-state index >= 15 is 8.42 Å². The molecule has 292 valence electrons. The Morgan fingerprint density at radius 1 is 0.800 bits per heavy atom. The Morgan fingerprint density at radius 2 is 1.35 bits per heavy atom. The Bertz CT molecular complexity index is 2330. The maximum Gasteiger partial charge on any atom is 0.407 e. The second kappa shape index (κ2) is 17.2. The number of carbonyl (C=O) groups is 1. The summed E-state index contributed by atoms with van der Waals surface area (Å²) in [6.07, 6.45) is -0.818. The minimum atomic E-state index is -4.80. The van der Waals surface area contributed by atoms with Gasteiger partial charge in [-0.15, -0.1) is 5.10 Å². The first-order chi connectivity index (χ1) is 26.1. The second-order valence-electron chi connectivity index (χ2n) is 13.1. The zero-order valence-corrected chi connectivity index (χ0v) is 34.8. The van der Waals surface area contributed by atoms with Gasteiger partial charge in [0.15, 0.2) is 15.7 Å². The number of hydrogen-bond acceptors (Lipinski definition) is 12. The van der Waals surface area contributed by atoms with E-state index in [0.717, 1.165) is 9.87 Å². The third kappa shape index (κ3) is 10.0. The average molecular weight is 905 g/mol. The highest BCUT2D eigenvalue weighted by molar-refractivity contribution is 14.1. The number of amides is 1. The summed E-state index contributed by atoms with van der Waals surface area (Å²) in [7, 11) is -4.68. The molecular weight excluding hydrogens is 863 g/mol. The largest absolute Gasteiger partial charge is 0.497 e. The minimum absolute atomic E-state index is 0.0156. The molecule has 1 amide bonds. The average Bonchev–Trinajstić information content (AvgIpc) is 3.60. The molecule has 0 aliphatic heterocycles. The van der Waals surface area contributed by atoms with Gasteiger partial charge in [0, 0.05) is 10.1 Å². The van der Waals surface area contributed by atoms with Crippen molar-refractivity contribution < 1.29 is 40.6 Å². The van der Waals surface area contributed by atoms with Crippen LogP contribution in [0.4, 0.5) is 10.5 Å². The summed E-state index contributed by atoms with van der Waals surface area (Å²) in [6.45, 7) is 4.59. The number of alkyl carbamates (subject to hydrolysis) is 1. The minimum Gasteiger partial charge on any atom is -0.497 e. The first-order valence-corrected chi connectivity index (χ1v) is 20.9. The first kappa shape index (κ1) is 41.2. The molecule has 5 aromatic rings. The van der Waals surface area contributed by atoms with E-state index in [2.05, 4.69) is 20.8 Å². The van der Waals surface area contributed by atoms with Gasteiger partial charge in [0.2, 0.25) is 0 Å². The third-order valence-corrected chi connectivity index (χ3v) is 12.7. The quantitative estimate of drug-likeness (QED) is 0.127. The number of sulfonamides is 1. The van der Waals surface area contributed by atoms with Crippen LogP contribution in [0.2, 0.25) is 0 Å². The van der Waals surface area contributed by atoms with E-state index in [-0.39, 0.29) is 36.7 Å². The number of benzene rings is 4. The van der Waals surface area contributed by atoms with E-state index in [1.807, 2.05) is 34.7 Å². The molecule has 0 unspecified atom stereocenters. The summed E-state index contributed by atoms with van der Waals surface area (Å²) in [6, 6.07) is 23.1. The van der Waals surface area contributed by atoms with Crippen LogP contribution >= 0.6 is 22.6 Å². The standard InChI is InChI=1S/C37H41IN6O9S2/c1-37(2,3)53-36(45)39-21-22-54(46,47)32-20-19-31(38)33(35-40-41-42-43(35)23-25-7-13-28(50-4)14-8-25)34(32)55(48,49)44(27-11-17-30(52-6)18-12-27)24-26-9-15-29(51-5)16-10-26/h7-20H,21-24H2,1-6H3,(H,39,45). The van der Waals surface area contributed by atoms with Crippen molar-refractivity contribution in [2.24, 2.45) is 0 Å². The lowest BCUT2D eigenvalue weighted by atomic mass is 10.2. The molecule has 0 spiro atoms. The second-order valence-corrected chi connectivity index (χ2v) is 18.1. The Hall–Kier alpha value is -4.95. The highest BCUT2D eigenvalue weighted by Gasteiger charge is 2.38. The van der Waals surface area contributed by atoms with Crippen LogP contribution in [0.25, 0.3) is 11.4 Å². The molecule has 1 aromatic heterocycles. The SMILES string of the molecule is COc1ccc(CN(c2ccc(OC)cc2)S(=O)(=O)c2c(S(=O)(=O)CCNC(=O)OC(C)(C)C)ccc(I)c2-c2nnnn2Cc2ccc(OC)cc2)cc1. The van der Waals surface area contributed by atoms with Crippen LogP contribution in [0.5, 0.6) is 17.2 Å². The molecular formula is C37H41IN6O9S2. The first-order valence-electron chi connectivity index (χ1n) is 16.8. The lowest BCUT2D eigenvalue weighted by Gasteiger charge is -2.27. The molecule has 1 N–H and O–H groups in total. The predicted octanol–water partition coefficient (Wildman–Crippen LogP) is 5.71. The molecule has 18 heteroatoms. The van der Waals surface area contributed by atoms with Crippen LogP contribution in [0, 0.1) is 3.57 Å². The molecule has 0 saturated heterocycles. The molecule has 15 nitrogen and oxygen atoms in total. The van der Waals surface area contributed by atoms with E-state index in [0.29, 0.717) is 26.4 Å². The molecule has 0 aliphatic carbocycles. The van der Waals surface area contributed by atoms with Gasteiger partial charge in [-0.3, -0.25) is 4.31 Å². The number of nitrogens with one attached hydrogen (secondary N) is 1. The molecule has 55 heavy (non-hydrogen) atoms. The number of tetrazole rings is 1. The molecule has 0 radical (unpaired) electrons. The number of aromatic nitrogens is 4. The smallest absolute Gasteiger partial charge is 0.407 e. The Kier molecular flexibility index (Phi) is 12.9. The summed E-state index contributed by atoms with van der Waals surface area (Å²) in [5.74, 6) is 1.06. The van der Waals surface area contributed by atoms with Crippen LogP contribution in [0.15, 0.2) is 94.7 Å². The van der Waals surface area contributed by atoms with Crippen molar-refractivity contribution in [3.05, 3.63) is 99.6 Å². The fourth-order valence-corrected chi connectivity index (χ4v) is 9.97. The van der Waals surface area contributed by atoms with Gasteiger partial charge in [0.25, 0.3) is 10.0 Å². The van der Waals surface area contributed by atoms with Crippen molar-refractivity contribution >= 4 is 54.2 Å². The number of hydrogen-bond donors (Lipinski definition) is 1. The molecule has 0 saturated carbocycles. The van der Waals surface area contributed by atoms with Crippen LogP contribution < -0.4 is 23.8 Å². The van der Waals surface area contributed by atoms with Crippen molar-refractivity contribution in [3.8, 4) is 28.6 Å². The van der Waals surface area contributed by atoms with E-state index in [4.69, 9.17) is 18.9 Å². The number of methoxy groups -OCH3 is 3. The Morgan fingerprint density at radius 3 is 1.89 bits per heavy atom. The van der Waals surface area contributed by atoms with Crippen molar-refractivity contribution in [2.75, 3.05) is 37.9 Å². The van der Waals surface area contributed by atoms with Crippen LogP contribution in [-0.4, -0.2) is 82.4 Å². The number of rotatable bonds is 15. The number of carbonyl (C=O) groups excluding carboxylic acids is 1. The molecule has 0 atom stereocenters. The number of ether oxygens (including phenoxy) is 4. The number of anilines is 1. The molecule has 0 bridgehead atoms. The summed E-state index contributed by atoms with van der Waals surface area (Å²) < 4.78 is 83.6. The van der Waals surface area contributed by atoms with Crippen LogP contribution in [-0.2, 0) is 37.7 Å². The number of nitrogens with zero attached hydrogens (tertiary/aromatic N) is 5. The van der Waals surface area contributed by atoms with Gasteiger partial charge in [-0.25, -0.2) is 26.3 Å². The summed E-state index contributed by atoms with van der Waals surface area (Å²) in [5.41, 5.74) is 0.746. The maximum atomic E-state index is 15.5. The van der Waals surface area contributed by atoms with E-state index < -0.39 is 47.1 Å². The zero-order valence-electron chi connectivity index (χ0n) is 31.0. The van der Waals surface area contributed by atoms with Gasteiger partial charge in [-0.1, -0.05) is 24.3 Å². The molecule has 5 rings (SSSR count). The normalized spacial score (nSPS) is 11.8. The van der Waals surface area contributed by atoms with Crippen molar-refractivity contribution in [1.29, 1.82) is 0 Å². The summed E-state index contributed by atoms with van der Waals surface area (Å²) in [5, 5.41) is 14.7. The monoisotopic (exact) mass is 904 g/mol. The zero-order chi connectivity index (χ0) is 40.0. The van der Waals surface area contributed by atoms with Gasteiger partial charge in [0.1, 0.15) is 27.7 Å². The Balaban J connectivity index is 1.71. The van der Waals surface area contributed by atoms with Gasteiger partial charge in [-0.2, -0.15) is 0 Å². The number of halogens is 1. The highest BCUT2D eigenvalue weighted by Crippen LogP contribution is 2.40. The summed E-state index contributed by atoms with van der Waals surface area (Å²) in [4.78, 5) is 11.4. The molecule has 0 aliphatic rings. The molecule has 4 aromatic carbocycles. The van der Waals surface area contributed by atoms with E-state index in [9.17, 15) is 13.2 Å². The van der Waals surface area contributed by atoms with Gasteiger partial charge < -0.3 is 24.3 Å². The topological polar surface area (TPSA) is 181 Å². The molecule has 0 fully saturated rings. The van der Waals surface area contributed by atoms with E-state index in [1.165, 1.54) is 31.0 Å². The fourth-order valence-electron chi connectivity index (χ4n) is 5.43. The van der Waals surface area contributed by atoms with Crippen molar-refractivity contribution in [1.82, 2.24) is 25.5 Å². The predicted molar refractivity (Wildman–Crippen MR) is 214 cm³/mol. The lowest BCUT2D eigenvalue weighted by molar-refractivity contribution is 0.0531. The van der Waals surface area contributed by atoms with E-state index in [1.54, 1.807) is 88.5 Å². The van der Waals surface area contributed by atoms with Crippen molar-refractivity contribution in [3.63, 3.8) is 0 Å². The van der Waals surface area contributed by atoms with Gasteiger partial charge in [0.05, 0.1) is 56.3 Å². The van der Waals surface area contributed by atoms with Crippen molar-refractivity contribution in [2.45, 2.75) is 49.3 Å². The lowest BCUT2D eigenvalue weighted by Crippen LogP contribution is -2.36. The number of sulfone groups is 1. The molecule has 1 heterocycles.